The summed E-state index contributed by atoms with van der Waals surface area (Å²) < 4.78 is 70.2. The highest BCUT2D eigenvalue weighted by Crippen LogP contribution is 2.44. The van der Waals surface area contributed by atoms with Crippen LogP contribution in [0.3, 0.4) is 0 Å². The maximum atomic E-state index is 13.3. The molecule has 0 N–H and O–H groups in total. The largest absolute Gasteiger partial charge is 0.480 e. The number of hydrogen-bond acceptors (Lipinski definition) is 7. The molecule has 1 aromatic carbocycles. The third-order valence-corrected chi connectivity index (χ3v) is 6.50. The molecule has 0 aliphatic heterocycles. The van der Waals surface area contributed by atoms with Crippen LogP contribution in [-0.4, -0.2) is 41.2 Å². The topological polar surface area (TPSA) is 101 Å². The van der Waals surface area contributed by atoms with E-state index in [9.17, 15) is 18.0 Å². The van der Waals surface area contributed by atoms with E-state index in [0.717, 1.165) is 18.5 Å². The number of alkyl halides is 3. The van der Waals surface area contributed by atoms with Gasteiger partial charge in [0.15, 0.2) is 11.5 Å². The number of hydrogen-bond donors (Lipinski definition) is 0. The summed E-state index contributed by atoms with van der Waals surface area (Å²) in [6.07, 6.45) is 0.663. The molecule has 0 bridgehead atoms. The van der Waals surface area contributed by atoms with E-state index >= 15 is 0 Å². The Kier molecular flexibility index (Phi) is 5.09. The van der Waals surface area contributed by atoms with Crippen molar-refractivity contribution in [1.29, 1.82) is 0 Å². The van der Waals surface area contributed by atoms with Gasteiger partial charge in [0.2, 0.25) is 5.88 Å². The van der Waals surface area contributed by atoms with Crippen LogP contribution in [0.15, 0.2) is 59.9 Å². The number of fused-ring (bicyclic) bond motifs is 1. The van der Waals surface area contributed by atoms with Crippen molar-refractivity contribution in [2.24, 2.45) is 6.98 Å². The van der Waals surface area contributed by atoms with Gasteiger partial charge in [-0.3, -0.25) is 9.36 Å². The Bertz CT molecular complexity index is 1860. The van der Waals surface area contributed by atoms with Gasteiger partial charge in [-0.15, -0.1) is 0 Å². The van der Waals surface area contributed by atoms with Crippen LogP contribution < -0.4 is 10.3 Å². The summed E-state index contributed by atoms with van der Waals surface area (Å²) in [4.78, 5) is 34.4. The molecule has 0 unspecified atom stereocenters. The molecular weight excluding hydrogens is 511 g/mol. The van der Waals surface area contributed by atoms with E-state index in [0.29, 0.717) is 44.6 Å². The lowest BCUT2D eigenvalue weighted by molar-refractivity contribution is -0.140. The Morgan fingerprint density at radius 2 is 1.87 bits per heavy atom. The number of aromatic nitrogens is 7. The molecule has 0 spiro atoms. The number of ether oxygens (including phenoxy) is 1. The van der Waals surface area contributed by atoms with Gasteiger partial charge in [-0.05, 0) is 24.5 Å². The predicted octanol–water partition coefficient (Wildman–Crippen LogP) is 4.60. The van der Waals surface area contributed by atoms with Gasteiger partial charge in [0.25, 0.3) is 5.56 Å². The average Bonchev–Trinajstić information content (AvgIpc) is 3.69. The molecule has 6 rings (SSSR count). The first kappa shape index (κ1) is 21.3. The fraction of sp³-hybridized carbons (Fsp3) is 0.259. The SMILES string of the molecule is [2H]C([2H])([2H])n1cc(C(F)(F)F)nc1-c1ccc(Cn2c(=O)ccc3cnc(-c4c(OC)ncnc4C4CC4)nc32)cc1. The number of imidazole rings is 1. The second kappa shape index (κ2) is 9.29. The van der Waals surface area contributed by atoms with E-state index in [4.69, 9.17) is 13.8 Å². The van der Waals surface area contributed by atoms with Crippen LogP contribution in [0, 0.1) is 0 Å². The molecule has 0 saturated heterocycles. The molecule has 12 heteroatoms. The van der Waals surface area contributed by atoms with Crippen molar-refractivity contribution in [3.63, 3.8) is 0 Å². The molecule has 9 nitrogen and oxygen atoms in total. The average molecular weight is 537 g/mol. The Balaban J connectivity index is 1.39. The first-order valence-electron chi connectivity index (χ1n) is 13.5. The number of methoxy groups -OCH3 is 1. The van der Waals surface area contributed by atoms with Crippen LogP contribution >= 0.6 is 0 Å². The summed E-state index contributed by atoms with van der Waals surface area (Å²) in [7, 11) is 1.50. The van der Waals surface area contributed by atoms with Crippen LogP contribution in [0.1, 0.15) is 39.8 Å². The van der Waals surface area contributed by atoms with Gasteiger partial charge >= 0.3 is 6.18 Å². The van der Waals surface area contributed by atoms with E-state index in [1.165, 1.54) is 36.2 Å². The van der Waals surface area contributed by atoms with Crippen molar-refractivity contribution in [2.45, 2.75) is 31.5 Å². The molecule has 4 aromatic heterocycles. The minimum atomic E-state index is -4.81. The number of halogens is 3. The Morgan fingerprint density at radius 3 is 2.56 bits per heavy atom. The number of rotatable bonds is 6. The number of aryl methyl sites for hydroxylation is 1. The summed E-state index contributed by atoms with van der Waals surface area (Å²) in [5.74, 6) is 0.546. The lowest BCUT2D eigenvalue weighted by Gasteiger charge is -2.13. The monoisotopic (exact) mass is 536 g/mol. The number of pyridine rings is 1. The summed E-state index contributed by atoms with van der Waals surface area (Å²) in [5.41, 5.74) is 0.866. The maximum absolute atomic E-state index is 13.3. The standard InChI is InChI=1S/C27H22F3N7O2/c1-36-13-19(27(28,29)30)34-24(36)17-5-3-15(4-6-17)12-37-20(38)10-9-18-11-31-23(35-25(18)37)21-22(16-7-8-16)32-14-33-26(21)39-2/h3-6,9-11,13-14,16H,7-8,12H2,1-2H3/i1D3. The van der Waals surface area contributed by atoms with Gasteiger partial charge in [-0.2, -0.15) is 13.2 Å². The van der Waals surface area contributed by atoms with Gasteiger partial charge in [0.05, 0.1) is 19.3 Å². The summed E-state index contributed by atoms with van der Waals surface area (Å²) in [6, 6.07) is 9.12. The Labute approximate surface area is 224 Å². The predicted molar refractivity (Wildman–Crippen MR) is 136 cm³/mol. The molecule has 1 aliphatic carbocycles. The highest BCUT2D eigenvalue weighted by Gasteiger charge is 2.34. The van der Waals surface area contributed by atoms with Crippen molar-refractivity contribution in [3.05, 3.63) is 82.4 Å². The highest BCUT2D eigenvalue weighted by molar-refractivity contribution is 5.78. The smallest absolute Gasteiger partial charge is 0.434 e. The summed E-state index contributed by atoms with van der Waals surface area (Å²) >= 11 is 0. The molecule has 5 aromatic rings. The third-order valence-electron chi connectivity index (χ3n) is 6.50. The molecule has 1 aliphatic rings. The molecule has 0 atom stereocenters. The molecular formula is C27H22F3N7O2. The van der Waals surface area contributed by atoms with E-state index < -0.39 is 18.8 Å². The molecule has 0 radical (unpaired) electrons. The van der Waals surface area contributed by atoms with Crippen LogP contribution in [-0.2, 0) is 19.7 Å². The fourth-order valence-corrected chi connectivity index (χ4v) is 4.42. The van der Waals surface area contributed by atoms with E-state index in [2.05, 4.69) is 19.9 Å². The second-order valence-electron chi connectivity index (χ2n) is 9.16. The molecule has 4 heterocycles. The van der Waals surface area contributed by atoms with Crippen molar-refractivity contribution < 1.29 is 22.0 Å². The number of nitrogens with zero attached hydrogens (tertiary/aromatic N) is 7. The second-order valence-corrected chi connectivity index (χ2v) is 9.16. The molecule has 198 valence electrons. The zero-order chi connectivity index (χ0) is 29.8. The first-order chi connectivity index (χ1) is 19.9. The summed E-state index contributed by atoms with van der Waals surface area (Å²) in [6.45, 7) is -2.80. The van der Waals surface area contributed by atoms with E-state index in [-0.39, 0.29) is 29.4 Å². The highest BCUT2D eigenvalue weighted by atomic mass is 19.4. The molecule has 1 fully saturated rings. The van der Waals surface area contributed by atoms with Gasteiger partial charge in [-0.1, -0.05) is 24.3 Å². The fourth-order valence-electron chi connectivity index (χ4n) is 4.42. The molecule has 0 amide bonds. The van der Waals surface area contributed by atoms with Crippen LogP contribution in [0.25, 0.3) is 33.8 Å². The zero-order valence-corrected chi connectivity index (χ0v) is 20.5. The minimum absolute atomic E-state index is 0.0757. The van der Waals surface area contributed by atoms with Crippen molar-refractivity contribution in [2.75, 3.05) is 7.11 Å². The van der Waals surface area contributed by atoms with Crippen LogP contribution in [0.5, 0.6) is 5.88 Å². The van der Waals surface area contributed by atoms with Gasteiger partial charge in [-0.25, -0.2) is 24.9 Å². The first-order valence-corrected chi connectivity index (χ1v) is 12.0. The van der Waals surface area contributed by atoms with Gasteiger partial charge in [0, 0.05) is 46.4 Å². The van der Waals surface area contributed by atoms with E-state index in [1.54, 1.807) is 24.4 Å². The van der Waals surface area contributed by atoms with Gasteiger partial charge < -0.3 is 9.30 Å². The minimum Gasteiger partial charge on any atom is -0.480 e. The lowest BCUT2D eigenvalue weighted by atomic mass is 10.1. The van der Waals surface area contributed by atoms with Crippen LogP contribution in [0.4, 0.5) is 13.2 Å². The van der Waals surface area contributed by atoms with Crippen molar-refractivity contribution in [1.82, 2.24) is 34.1 Å². The maximum Gasteiger partial charge on any atom is 0.434 e. The normalized spacial score (nSPS) is 15.1. The summed E-state index contributed by atoms with van der Waals surface area (Å²) in [5, 5.41) is 0.609. The lowest BCUT2D eigenvalue weighted by Crippen LogP contribution is -2.21. The van der Waals surface area contributed by atoms with Gasteiger partial charge in [0.1, 0.15) is 23.4 Å². The Hall–Kier alpha value is -4.61. The molecule has 1 saturated carbocycles. The van der Waals surface area contributed by atoms with Crippen LogP contribution in [0.2, 0.25) is 0 Å². The number of benzene rings is 1. The zero-order valence-electron chi connectivity index (χ0n) is 23.5. The quantitative estimate of drug-likeness (QED) is 0.313. The van der Waals surface area contributed by atoms with Crippen molar-refractivity contribution >= 4 is 11.0 Å². The van der Waals surface area contributed by atoms with Crippen molar-refractivity contribution in [3.8, 4) is 28.7 Å². The molecule has 39 heavy (non-hydrogen) atoms. The Morgan fingerprint density at radius 1 is 1.08 bits per heavy atom. The third kappa shape index (κ3) is 4.62. The van der Waals surface area contributed by atoms with E-state index in [1.807, 2.05) is 0 Å².